The molecule has 1 nitrogen and oxygen atoms in total. The fourth-order valence-electron chi connectivity index (χ4n) is 1.01. The maximum absolute atomic E-state index is 3.35. The highest BCUT2D eigenvalue weighted by Crippen LogP contribution is 2.24. The summed E-state index contributed by atoms with van der Waals surface area (Å²) in [5, 5.41) is 3.35. The summed E-state index contributed by atoms with van der Waals surface area (Å²) in [6.07, 6.45) is 5.42. The molecule has 0 spiro atoms. The number of hydrogen-bond acceptors (Lipinski definition) is 1. The molecule has 0 radical (unpaired) electrons. The van der Waals surface area contributed by atoms with Gasteiger partial charge in [-0.3, -0.25) is 0 Å². The van der Waals surface area contributed by atoms with E-state index in [1.807, 2.05) is 0 Å². The Hall–Kier alpha value is -0.460. The highest BCUT2D eigenvalue weighted by Gasteiger charge is 2.27. The van der Waals surface area contributed by atoms with Crippen molar-refractivity contribution in [1.82, 2.24) is 5.32 Å². The van der Waals surface area contributed by atoms with Gasteiger partial charge in [0.15, 0.2) is 0 Å². The predicted molar refractivity (Wildman–Crippen MR) is 40.1 cm³/mol. The third-order valence-electron chi connectivity index (χ3n) is 2.35. The van der Waals surface area contributed by atoms with Gasteiger partial charge in [-0.25, -0.2) is 0 Å². The Bertz CT molecular complexity index is 117. The summed E-state index contributed by atoms with van der Waals surface area (Å²) in [4.78, 5) is 0. The zero-order valence-corrected chi connectivity index (χ0v) is 6.44. The normalized spacial score (nSPS) is 33.3. The quantitative estimate of drug-likeness (QED) is 0.564. The minimum absolute atomic E-state index is 0.333. The molecule has 0 amide bonds. The number of nitrogens with one attached hydrogen (secondary N) is 1. The molecule has 0 fully saturated rings. The van der Waals surface area contributed by atoms with Gasteiger partial charge in [0.05, 0.1) is 0 Å². The monoisotopic (exact) mass is 125 g/mol. The zero-order chi connectivity index (χ0) is 6.91. The third kappa shape index (κ3) is 1.09. The van der Waals surface area contributed by atoms with Crippen molar-refractivity contribution in [3.63, 3.8) is 0 Å². The molecule has 1 N–H and O–H groups in total. The smallest absolute Gasteiger partial charge is 0.0397 e. The van der Waals surface area contributed by atoms with Gasteiger partial charge in [0, 0.05) is 5.54 Å². The van der Waals surface area contributed by atoms with Crippen molar-refractivity contribution in [2.45, 2.75) is 32.7 Å². The summed E-state index contributed by atoms with van der Waals surface area (Å²) < 4.78 is 0. The molecule has 0 saturated heterocycles. The molecule has 1 unspecified atom stereocenters. The van der Waals surface area contributed by atoms with E-state index in [0.29, 0.717) is 11.5 Å². The summed E-state index contributed by atoms with van der Waals surface area (Å²) in [7, 11) is 0. The Labute approximate surface area is 57.1 Å². The zero-order valence-electron chi connectivity index (χ0n) is 6.44. The first-order valence-corrected chi connectivity index (χ1v) is 3.58. The second-order valence-electron chi connectivity index (χ2n) is 3.32. The van der Waals surface area contributed by atoms with E-state index in [9.17, 15) is 0 Å². The van der Waals surface area contributed by atoms with Crippen LogP contribution in [0.1, 0.15) is 27.2 Å². The molecule has 1 aliphatic rings. The van der Waals surface area contributed by atoms with Gasteiger partial charge in [0.25, 0.3) is 0 Å². The van der Waals surface area contributed by atoms with Gasteiger partial charge >= 0.3 is 0 Å². The number of rotatable bonds is 1. The molecule has 1 aliphatic heterocycles. The van der Waals surface area contributed by atoms with Crippen LogP contribution in [0.5, 0.6) is 0 Å². The van der Waals surface area contributed by atoms with Gasteiger partial charge in [-0.15, -0.1) is 0 Å². The molecule has 0 aromatic rings. The van der Waals surface area contributed by atoms with E-state index in [4.69, 9.17) is 0 Å². The Morgan fingerprint density at radius 1 is 1.56 bits per heavy atom. The van der Waals surface area contributed by atoms with Gasteiger partial charge in [0.2, 0.25) is 0 Å². The van der Waals surface area contributed by atoms with E-state index in [1.165, 1.54) is 6.42 Å². The summed E-state index contributed by atoms with van der Waals surface area (Å²) >= 11 is 0. The second-order valence-corrected chi connectivity index (χ2v) is 3.32. The molecule has 9 heavy (non-hydrogen) atoms. The average Bonchev–Trinajstić information content (AvgIpc) is 2.16. The number of hydrogen-bond donors (Lipinski definition) is 1. The van der Waals surface area contributed by atoms with E-state index in [2.05, 4.69) is 38.4 Å². The van der Waals surface area contributed by atoms with Crippen molar-refractivity contribution in [3.05, 3.63) is 12.3 Å². The van der Waals surface area contributed by atoms with Gasteiger partial charge in [-0.1, -0.05) is 19.9 Å². The Kier molecular flexibility index (Phi) is 1.52. The van der Waals surface area contributed by atoms with Gasteiger partial charge in [0.1, 0.15) is 0 Å². The van der Waals surface area contributed by atoms with E-state index < -0.39 is 0 Å². The van der Waals surface area contributed by atoms with Gasteiger partial charge < -0.3 is 5.32 Å². The molecule has 1 heteroatoms. The lowest BCUT2D eigenvalue weighted by Crippen LogP contribution is -2.40. The summed E-state index contributed by atoms with van der Waals surface area (Å²) in [6, 6.07) is 0. The first-order chi connectivity index (χ1) is 4.15. The molecule has 1 heterocycles. The van der Waals surface area contributed by atoms with E-state index >= 15 is 0 Å². The van der Waals surface area contributed by atoms with Crippen molar-refractivity contribution in [3.8, 4) is 0 Å². The minimum Gasteiger partial charge on any atom is -0.385 e. The van der Waals surface area contributed by atoms with Crippen LogP contribution < -0.4 is 5.32 Å². The molecule has 52 valence electrons. The molecule has 1 rings (SSSR count). The van der Waals surface area contributed by atoms with Crippen LogP contribution in [0.4, 0.5) is 0 Å². The lowest BCUT2D eigenvalue weighted by molar-refractivity contribution is 0.311. The maximum atomic E-state index is 3.35. The van der Waals surface area contributed by atoms with Gasteiger partial charge in [-0.05, 0) is 25.5 Å². The van der Waals surface area contributed by atoms with Crippen LogP contribution in [-0.2, 0) is 0 Å². The molecule has 0 aromatic carbocycles. The lowest BCUT2D eigenvalue weighted by Gasteiger charge is -2.29. The van der Waals surface area contributed by atoms with Crippen LogP contribution in [0.25, 0.3) is 0 Å². The molecular formula is C8H15N. The van der Waals surface area contributed by atoms with Crippen LogP contribution in [0.15, 0.2) is 12.3 Å². The molecule has 0 saturated carbocycles. The lowest BCUT2D eigenvalue weighted by atomic mass is 9.87. The van der Waals surface area contributed by atoms with Crippen molar-refractivity contribution >= 4 is 0 Å². The first-order valence-electron chi connectivity index (χ1n) is 3.58. The standard InChI is InChI=1S/C8H15N/c1-7(2)8(3)5-4-6-9-8/h4,6-7,9H,5H2,1-3H3. The summed E-state index contributed by atoms with van der Waals surface area (Å²) in [5.41, 5.74) is 0.333. The average molecular weight is 125 g/mol. The Morgan fingerprint density at radius 3 is 2.44 bits per heavy atom. The molecule has 1 atom stereocenters. The largest absolute Gasteiger partial charge is 0.385 e. The summed E-state index contributed by atoms with van der Waals surface area (Å²) in [5.74, 6) is 0.715. The van der Waals surface area contributed by atoms with Crippen LogP contribution in [0, 0.1) is 5.92 Å². The van der Waals surface area contributed by atoms with Crippen LogP contribution in [0.2, 0.25) is 0 Å². The topological polar surface area (TPSA) is 12.0 Å². The Balaban J connectivity index is 2.55. The van der Waals surface area contributed by atoms with E-state index in [-0.39, 0.29) is 0 Å². The van der Waals surface area contributed by atoms with Crippen molar-refractivity contribution in [2.75, 3.05) is 0 Å². The van der Waals surface area contributed by atoms with Crippen LogP contribution >= 0.6 is 0 Å². The molecule has 0 aliphatic carbocycles. The first kappa shape index (κ1) is 6.66. The van der Waals surface area contributed by atoms with Crippen LogP contribution in [-0.4, -0.2) is 5.54 Å². The predicted octanol–water partition coefficient (Wildman–Crippen LogP) is 1.91. The fraction of sp³-hybridized carbons (Fsp3) is 0.750. The molecular weight excluding hydrogens is 110 g/mol. The van der Waals surface area contributed by atoms with Gasteiger partial charge in [-0.2, -0.15) is 0 Å². The van der Waals surface area contributed by atoms with E-state index in [0.717, 1.165) is 0 Å². The highest BCUT2D eigenvalue weighted by atomic mass is 15.0. The molecule has 0 bridgehead atoms. The van der Waals surface area contributed by atoms with Crippen LogP contribution in [0.3, 0.4) is 0 Å². The van der Waals surface area contributed by atoms with Crippen molar-refractivity contribution in [2.24, 2.45) is 5.92 Å². The molecule has 0 aromatic heterocycles. The van der Waals surface area contributed by atoms with Crippen molar-refractivity contribution < 1.29 is 0 Å². The highest BCUT2D eigenvalue weighted by molar-refractivity contribution is 5.04. The fourth-order valence-corrected chi connectivity index (χ4v) is 1.01. The SMILES string of the molecule is CC(C)C1(C)CC=CN1. The minimum atomic E-state index is 0.333. The second kappa shape index (κ2) is 2.05. The Morgan fingerprint density at radius 2 is 2.22 bits per heavy atom. The van der Waals surface area contributed by atoms with Crippen molar-refractivity contribution in [1.29, 1.82) is 0 Å². The van der Waals surface area contributed by atoms with E-state index in [1.54, 1.807) is 0 Å². The third-order valence-corrected chi connectivity index (χ3v) is 2.35. The summed E-state index contributed by atoms with van der Waals surface area (Å²) in [6.45, 7) is 6.76. The maximum Gasteiger partial charge on any atom is 0.0397 e.